The van der Waals surface area contributed by atoms with E-state index in [2.05, 4.69) is 15.2 Å². The molecule has 5 nitrogen and oxygen atoms in total. The molecular weight excluding hydrogens is 334 g/mol. The number of methoxy groups -OCH3 is 1. The van der Waals surface area contributed by atoms with Gasteiger partial charge in [0.05, 0.1) is 17.7 Å². The quantitative estimate of drug-likeness (QED) is 0.777. The minimum absolute atomic E-state index is 0.00517. The first kappa shape index (κ1) is 15.9. The second-order valence-electron chi connectivity index (χ2n) is 6.26. The van der Waals surface area contributed by atoms with Crippen LogP contribution in [-0.4, -0.2) is 31.1 Å². The molecule has 128 valence electrons. The fraction of sp³-hybridized carbons (Fsp3) is 0.263. The van der Waals surface area contributed by atoms with Gasteiger partial charge in [0.15, 0.2) is 5.13 Å². The third kappa shape index (κ3) is 3.05. The molecule has 4 rings (SSSR count). The Hall–Kier alpha value is -2.60. The van der Waals surface area contributed by atoms with Crippen molar-refractivity contribution in [3.63, 3.8) is 0 Å². The summed E-state index contributed by atoms with van der Waals surface area (Å²) in [5.74, 6) is 0.851. The predicted molar refractivity (Wildman–Crippen MR) is 102 cm³/mol. The zero-order valence-electron chi connectivity index (χ0n) is 14.2. The summed E-state index contributed by atoms with van der Waals surface area (Å²) in [6, 6.07) is 13.8. The highest BCUT2D eigenvalue weighted by Crippen LogP contribution is 2.36. The molecule has 3 aromatic rings. The molecule has 0 unspecified atom stereocenters. The zero-order chi connectivity index (χ0) is 17.4. The van der Waals surface area contributed by atoms with E-state index in [1.807, 2.05) is 49.4 Å². The zero-order valence-corrected chi connectivity index (χ0v) is 15.0. The molecule has 1 aliphatic heterocycles. The molecule has 1 saturated heterocycles. The number of carbonyl (C=O) groups is 1. The molecule has 1 amide bonds. The van der Waals surface area contributed by atoms with Gasteiger partial charge in [0.25, 0.3) is 0 Å². The maximum absolute atomic E-state index is 12.4. The average Bonchev–Trinajstić information content (AvgIpc) is 2.96. The smallest absolute Gasteiger partial charge is 0.231 e. The van der Waals surface area contributed by atoms with Crippen LogP contribution in [0.1, 0.15) is 5.56 Å². The van der Waals surface area contributed by atoms with Crippen LogP contribution in [0, 0.1) is 12.8 Å². The number of thiazole rings is 1. The van der Waals surface area contributed by atoms with Crippen molar-refractivity contribution in [3.05, 3.63) is 48.0 Å². The Morgan fingerprint density at radius 3 is 2.84 bits per heavy atom. The molecule has 0 spiro atoms. The van der Waals surface area contributed by atoms with Crippen LogP contribution in [0.3, 0.4) is 0 Å². The lowest BCUT2D eigenvalue weighted by atomic mass is 10.00. The number of benzene rings is 2. The second kappa shape index (κ2) is 6.37. The lowest BCUT2D eigenvalue weighted by molar-refractivity contribution is -0.120. The topological polar surface area (TPSA) is 54.5 Å². The largest absolute Gasteiger partial charge is 0.494 e. The van der Waals surface area contributed by atoms with E-state index in [4.69, 9.17) is 4.74 Å². The number of anilines is 2. The van der Waals surface area contributed by atoms with Crippen LogP contribution in [0.5, 0.6) is 5.75 Å². The Balaban J connectivity index is 1.42. The van der Waals surface area contributed by atoms with Crippen LogP contribution < -0.4 is 15.0 Å². The van der Waals surface area contributed by atoms with E-state index in [0.717, 1.165) is 32.3 Å². The number of ether oxygens (including phenoxy) is 1. The Bertz CT molecular complexity index is 931. The summed E-state index contributed by atoms with van der Waals surface area (Å²) in [5.41, 5.74) is 2.88. The molecular formula is C19H19N3O2S. The first-order valence-electron chi connectivity index (χ1n) is 8.20. The van der Waals surface area contributed by atoms with E-state index >= 15 is 0 Å². The number of rotatable bonds is 4. The second-order valence-corrected chi connectivity index (χ2v) is 7.27. The Labute approximate surface area is 150 Å². The minimum atomic E-state index is -0.00517. The van der Waals surface area contributed by atoms with Crippen LogP contribution in [-0.2, 0) is 4.79 Å². The number of nitrogens with zero attached hydrogens (tertiary/aromatic N) is 2. The van der Waals surface area contributed by atoms with Crippen LogP contribution in [0.2, 0.25) is 0 Å². The first-order valence-corrected chi connectivity index (χ1v) is 9.02. The van der Waals surface area contributed by atoms with Gasteiger partial charge in [0.1, 0.15) is 11.3 Å². The SMILES string of the molecule is COc1cccc2sc(N3CC(C(=O)Nc4cccc(C)c4)C3)nc12. The van der Waals surface area contributed by atoms with Crippen LogP contribution in [0.4, 0.5) is 10.8 Å². The molecule has 25 heavy (non-hydrogen) atoms. The third-order valence-corrected chi connectivity index (χ3v) is 5.48. The van der Waals surface area contributed by atoms with Gasteiger partial charge in [-0.1, -0.05) is 29.5 Å². The number of para-hydroxylation sites is 1. The lowest BCUT2D eigenvalue weighted by Gasteiger charge is -2.37. The molecule has 1 fully saturated rings. The van der Waals surface area contributed by atoms with Crippen LogP contribution >= 0.6 is 11.3 Å². The normalized spacial score (nSPS) is 14.4. The molecule has 2 heterocycles. The number of nitrogens with one attached hydrogen (secondary N) is 1. The highest BCUT2D eigenvalue weighted by molar-refractivity contribution is 7.22. The lowest BCUT2D eigenvalue weighted by Crippen LogP contribution is -2.52. The number of hydrogen-bond acceptors (Lipinski definition) is 5. The molecule has 6 heteroatoms. The number of aryl methyl sites for hydroxylation is 1. The average molecular weight is 353 g/mol. The van der Waals surface area contributed by atoms with Crippen molar-refractivity contribution >= 4 is 38.3 Å². The Morgan fingerprint density at radius 2 is 2.08 bits per heavy atom. The van der Waals surface area contributed by atoms with Crippen LogP contribution in [0.25, 0.3) is 10.2 Å². The summed E-state index contributed by atoms with van der Waals surface area (Å²) in [5, 5.41) is 3.94. The molecule has 1 N–H and O–H groups in total. The van der Waals surface area contributed by atoms with E-state index in [-0.39, 0.29) is 11.8 Å². The number of hydrogen-bond donors (Lipinski definition) is 1. The maximum Gasteiger partial charge on any atom is 0.231 e. The molecule has 0 aliphatic carbocycles. The van der Waals surface area contributed by atoms with Gasteiger partial charge in [-0.2, -0.15) is 0 Å². The highest BCUT2D eigenvalue weighted by Gasteiger charge is 2.34. The van der Waals surface area contributed by atoms with Gasteiger partial charge >= 0.3 is 0 Å². The van der Waals surface area contributed by atoms with Gasteiger partial charge < -0.3 is 15.0 Å². The third-order valence-electron chi connectivity index (χ3n) is 4.40. The summed E-state index contributed by atoms with van der Waals surface area (Å²) < 4.78 is 6.47. The number of aromatic nitrogens is 1. The van der Waals surface area contributed by atoms with Gasteiger partial charge in [0.2, 0.25) is 5.91 Å². The van der Waals surface area contributed by atoms with E-state index in [0.29, 0.717) is 13.1 Å². The summed E-state index contributed by atoms with van der Waals surface area (Å²) in [6.07, 6.45) is 0. The molecule has 0 saturated carbocycles. The van der Waals surface area contributed by atoms with Gasteiger partial charge in [-0.3, -0.25) is 4.79 Å². The standard InChI is InChI=1S/C19H19N3O2S/c1-12-5-3-6-14(9-12)20-18(23)13-10-22(11-13)19-21-17-15(24-2)7-4-8-16(17)25-19/h3-9,13H,10-11H2,1-2H3,(H,20,23). The van der Waals surface area contributed by atoms with Gasteiger partial charge in [-0.15, -0.1) is 0 Å². The van der Waals surface area contributed by atoms with Gasteiger partial charge in [0, 0.05) is 18.8 Å². The van der Waals surface area contributed by atoms with Crippen molar-refractivity contribution in [2.24, 2.45) is 5.92 Å². The Morgan fingerprint density at radius 1 is 1.28 bits per heavy atom. The molecule has 0 atom stereocenters. The fourth-order valence-corrected chi connectivity index (χ4v) is 3.98. The van der Waals surface area contributed by atoms with Crippen molar-refractivity contribution in [2.75, 3.05) is 30.4 Å². The minimum Gasteiger partial charge on any atom is -0.494 e. The monoisotopic (exact) mass is 353 g/mol. The predicted octanol–water partition coefficient (Wildman–Crippen LogP) is 3.69. The van der Waals surface area contributed by atoms with E-state index in [9.17, 15) is 4.79 Å². The van der Waals surface area contributed by atoms with Crippen molar-refractivity contribution in [3.8, 4) is 5.75 Å². The number of fused-ring (bicyclic) bond motifs is 1. The van der Waals surface area contributed by atoms with Crippen molar-refractivity contribution in [1.82, 2.24) is 4.98 Å². The molecule has 1 aliphatic rings. The molecule has 0 bridgehead atoms. The molecule has 1 aromatic heterocycles. The van der Waals surface area contributed by atoms with Crippen molar-refractivity contribution in [1.29, 1.82) is 0 Å². The molecule has 2 aromatic carbocycles. The number of amides is 1. The highest BCUT2D eigenvalue weighted by atomic mass is 32.1. The van der Waals surface area contributed by atoms with Gasteiger partial charge in [-0.25, -0.2) is 4.98 Å². The van der Waals surface area contributed by atoms with Crippen molar-refractivity contribution < 1.29 is 9.53 Å². The summed E-state index contributed by atoms with van der Waals surface area (Å²) in [4.78, 5) is 19.2. The first-order chi connectivity index (χ1) is 12.1. The van der Waals surface area contributed by atoms with Crippen molar-refractivity contribution in [2.45, 2.75) is 6.92 Å². The Kier molecular flexibility index (Phi) is 4.05. The summed E-state index contributed by atoms with van der Waals surface area (Å²) >= 11 is 1.63. The maximum atomic E-state index is 12.4. The summed E-state index contributed by atoms with van der Waals surface area (Å²) in [7, 11) is 1.66. The molecule has 0 radical (unpaired) electrons. The summed E-state index contributed by atoms with van der Waals surface area (Å²) in [6.45, 7) is 3.40. The fourth-order valence-electron chi connectivity index (χ4n) is 2.98. The number of carbonyl (C=O) groups excluding carboxylic acids is 1. The van der Waals surface area contributed by atoms with E-state index < -0.39 is 0 Å². The van der Waals surface area contributed by atoms with E-state index in [1.165, 1.54) is 0 Å². The van der Waals surface area contributed by atoms with E-state index in [1.54, 1.807) is 18.4 Å². The van der Waals surface area contributed by atoms with Crippen LogP contribution in [0.15, 0.2) is 42.5 Å². The van der Waals surface area contributed by atoms with Gasteiger partial charge in [-0.05, 0) is 36.8 Å².